The van der Waals surface area contributed by atoms with E-state index in [1.807, 2.05) is 6.07 Å². The highest BCUT2D eigenvalue weighted by molar-refractivity contribution is 5.86. The molecule has 2 aromatic rings. The molecule has 2 N–H and O–H groups in total. The zero-order valence-corrected chi connectivity index (χ0v) is 9.97. The monoisotopic (exact) mass is 245 g/mol. The number of rotatable bonds is 3. The van der Waals surface area contributed by atoms with E-state index in [9.17, 15) is 9.90 Å². The zero-order chi connectivity index (χ0) is 12.5. The topological polar surface area (TPSA) is 66.6 Å². The van der Waals surface area contributed by atoms with Gasteiger partial charge in [0.15, 0.2) is 0 Å². The molecule has 5 nitrogen and oxygen atoms in total. The summed E-state index contributed by atoms with van der Waals surface area (Å²) in [5.41, 5.74) is 1.11. The number of aromatic nitrogens is 2. The number of hydrogen-bond donors (Lipinski definition) is 2. The molecule has 0 amide bonds. The molecule has 94 valence electrons. The molecule has 1 fully saturated rings. The molecule has 2 aromatic heterocycles. The predicted molar refractivity (Wildman–Crippen MR) is 66.9 cm³/mol. The van der Waals surface area contributed by atoms with E-state index in [0.29, 0.717) is 6.04 Å². The van der Waals surface area contributed by atoms with Crippen molar-refractivity contribution in [1.82, 2.24) is 14.7 Å². The van der Waals surface area contributed by atoms with E-state index < -0.39 is 5.97 Å². The highest BCUT2D eigenvalue weighted by Gasteiger charge is 2.19. The second-order valence-electron chi connectivity index (χ2n) is 4.65. The third-order valence-corrected chi connectivity index (χ3v) is 3.43. The van der Waals surface area contributed by atoms with Gasteiger partial charge in [0.1, 0.15) is 11.5 Å². The fourth-order valence-corrected chi connectivity index (χ4v) is 2.58. The Morgan fingerprint density at radius 1 is 1.56 bits per heavy atom. The van der Waals surface area contributed by atoms with Crippen LogP contribution in [0.1, 0.15) is 29.2 Å². The molecule has 5 heteroatoms. The zero-order valence-electron chi connectivity index (χ0n) is 9.97. The van der Waals surface area contributed by atoms with E-state index in [-0.39, 0.29) is 5.69 Å². The fraction of sp³-hybridized carbons (Fsp3) is 0.385. The Labute approximate surface area is 104 Å². The number of carbonyl (C=O) groups is 1. The van der Waals surface area contributed by atoms with Gasteiger partial charge >= 0.3 is 5.97 Å². The van der Waals surface area contributed by atoms with Gasteiger partial charge < -0.3 is 10.4 Å². The van der Waals surface area contributed by atoms with Crippen molar-refractivity contribution in [2.24, 2.45) is 0 Å². The summed E-state index contributed by atoms with van der Waals surface area (Å²) in [5, 5.41) is 12.6. The van der Waals surface area contributed by atoms with E-state index in [0.717, 1.165) is 30.7 Å². The maximum atomic E-state index is 11.2. The average molecular weight is 245 g/mol. The first kappa shape index (κ1) is 11.2. The Kier molecular flexibility index (Phi) is 2.76. The number of nitrogens with one attached hydrogen (secondary N) is 1. The third-order valence-electron chi connectivity index (χ3n) is 3.43. The lowest BCUT2D eigenvalue weighted by Gasteiger charge is -2.10. The SMILES string of the molecule is O=C(O)c1cccc2cnc(CC3CCCN3)n12. The van der Waals surface area contributed by atoms with Crippen LogP contribution >= 0.6 is 0 Å². The van der Waals surface area contributed by atoms with Crippen molar-refractivity contribution < 1.29 is 9.90 Å². The molecule has 1 saturated heterocycles. The van der Waals surface area contributed by atoms with Crippen molar-refractivity contribution in [2.75, 3.05) is 6.54 Å². The van der Waals surface area contributed by atoms with Crippen LogP contribution in [-0.2, 0) is 6.42 Å². The highest BCUT2D eigenvalue weighted by atomic mass is 16.4. The Bertz CT molecular complexity index is 585. The lowest BCUT2D eigenvalue weighted by Crippen LogP contribution is -2.25. The molecule has 3 rings (SSSR count). The van der Waals surface area contributed by atoms with Gasteiger partial charge in [-0.2, -0.15) is 0 Å². The second kappa shape index (κ2) is 4.42. The van der Waals surface area contributed by atoms with Crippen molar-refractivity contribution in [3.63, 3.8) is 0 Å². The average Bonchev–Trinajstić information content (AvgIpc) is 2.99. The van der Waals surface area contributed by atoms with Gasteiger partial charge in [0.05, 0.1) is 11.7 Å². The van der Waals surface area contributed by atoms with Crippen LogP contribution in [0.15, 0.2) is 24.4 Å². The van der Waals surface area contributed by atoms with E-state index in [1.165, 1.54) is 6.42 Å². The summed E-state index contributed by atoms with van der Waals surface area (Å²) in [4.78, 5) is 15.6. The van der Waals surface area contributed by atoms with Crippen LogP contribution in [0.25, 0.3) is 5.52 Å². The molecule has 0 spiro atoms. The number of nitrogens with zero attached hydrogens (tertiary/aromatic N) is 2. The largest absolute Gasteiger partial charge is 0.477 e. The minimum absolute atomic E-state index is 0.276. The van der Waals surface area contributed by atoms with Gasteiger partial charge in [-0.25, -0.2) is 9.78 Å². The fourth-order valence-electron chi connectivity index (χ4n) is 2.58. The standard InChI is InChI=1S/C13H15N3O2/c17-13(18)11-5-1-4-10-8-15-12(16(10)11)7-9-3-2-6-14-9/h1,4-5,8-9,14H,2-3,6-7H2,(H,17,18). The van der Waals surface area contributed by atoms with Gasteiger partial charge in [-0.3, -0.25) is 4.40 Å². The number of carboxylic acid groups (broad SMARTS) is 1. The van der Waals surface area contributed by atoms with Gasteiger partial charge in [0.25, 0.3) is 0 Å². The highest BCUT2D eigenvalue weighted by Crippen LogP contribution is 2.15. The van der Waals surface area contributed by atoms with Crippen LogP contribution < -0.4 is 5.32 Å². The lowest BCUT2D eigenvalue weighted by molar-refractivity contribution is 0.0688. The first-order valence-corrected chi connectivity index (χ1v) is 6.18. The summed E-state index contributed by atoms with van der Waals surface area (Å²) >= 11 is 0. The van der Waals surface area contributed by atoms with Crippen LogP contribution in [0, 0.1) is 0 Å². The lowest BCUT2D eigenvalue weighted by atomic mass is 10.1. The first-order chi connectivity index (χ1) is 8.75. The molecule has 1 aliphatic rings. The van der Waals surface area contributed by atoms with Crippen LogP contribution in [-0.4, -0.2) is 33.0 Å². The van der Waals surface area contributed by atoms with Crippen molar-refractivity contribution in [2.45, 2.75) is 25.3 Å². The molecule has 1 aliphatic heterocycles. The molecule has 0 saturated carbocycles. The molecule has 3 heterocycles. The van der Waals surface area contributed by atoms with Crippen molar-refractivity contribution in [1.29, 1.82) is 0 Å². The second-order valence-corrected chi connectivity index (χ2v) is 4.65. The Morgan fingerprint density at radius 3 is 3.17 bits per heavy atom. The van der Waals surface area contributed by atoms with Crippen molar-refractivity contribution in [3.8, 4) is 0 Å². The molecule has 0 radical (unpaired) electrons. The number of aromatic carboxylic acids is 1. The van der Waals surface area contributed by atoms with Gasteiger partial charge in [-0.1, -0.05) is 6.07 Å². The Hall–Kier alpha value is -1.88. The Morgan fingerprint density at radius 2 is 2.44 bits per heavy atom. The summed E-state index contributed by atoms with van der Waals surface area (Å²) in [6.45, 7) is 1.04. The summed E-state index contributed by atoms with van der Waals surface area (Å²) in [6, 6.07) is 5.66. The minimum Gasteiger partial charge on any atom is -0.477 e. The number of carboxylic acids is 1. The smallest absolute Gasteiger partial charge is 0.352 e. The van der Waals surface area contributed by atoms with Crippen molar-refractivity contribution >= 4 is 11.5 Å². The molecular weight excluding hydrogens is 230 g/mol. The quantitative estimate of drug-likeness (QED) is 0.856. The Balaban J connectivity index is 2.03. The predicted octanol–water partition coefficient (Wildman–Crippen LogP) is 1.33. The number of pyridine rings is 1. The molecule has 0 aliphatic carbocycles. The molecule has 0 aromatic carbocycles. The number of imidazole rings is 1. The molecule has 1 unspecified atom stereocenters. The normalized spacial score (nSPS) is 19.4. The summed E-state index contributed by atoms with van der Waals surface area (Å²) in [7, 11) is 0. The summed E-state index contributed by atoms with van der Waals surface area (Å²) in [6.07, 6.45) is 4.82. The maximum Gasteiger partial charge on any atom is 0.352 e. The first-order valence-electron chi connectivity index (χ1n) is 6.18. The molecular formula is C13H15N3O2. The number of fused-ring (bicyclic) bond motifs is 1. The molecule has 0 bridgehead atoms. The van der Waals surface area contributed by atoms with E-state index in [4.69, 9.17) is 0 Å². The summed E-state index contributed by atoms with van der Waals surface area (Å²) in [5.74, 6) is -0.0957. The van der Waals surface area contributed by atoms with Crippen LogP contribution in [0.5, 0.6) is 0 Å². The van der Waals surface area contributed by atoms with Crippen LogP contribution in [0.3, 0.4) is 0 Å². The molecule has 1 atom stereocenters. The van der Waals surface area contributed by atoms with Gasteiger partial charge in [-0.15, -0.1) is 0 Å². The van der Waals surface area contributed by atoms with Crippen LogP contribution in [0.4, 0.5) is 0 Å². The van der Waals surface area contributed by atoms with Gasteiger partial charge in [-0.05, 0) is 31.5 Å². The van der Waals surface area contributed by atoms with Gasteiger partial charge in [0, 0.05) is 12.5 Å². The van der Waals surface area contributed by atoms with E-state index in [2.05, 4.69) is 10.3 Å². The van der Waals surface area contributed by atoms with E-state index >= 15 is 0 Å². The van der Waals surface area contributed by atoms with Gasteiger partial charge in [0.2, 0.25) is 0 Å². The minimum atomic E-state index is -0.917. The molecule has 18 heavy (non-hydrogen) atoms. The summed E-state index contributed by atoms with van der Waals surface area (Å²) < 4.78 is 1.74. The van der Waals surface area contributed by atoms with E-state index in [1.54, 1.807) is 22.7 Å². The third kappa shape index (κ3) is 1.86. The van der Waals surface area contributed by atoms with Crippen molar-refractivity contribution in [3.05, 3.63) is 35.9 Å². The van der Waals surface area contributed by atoms with Crippen LogP contribution in [0.2, 0.25) is 0 Å². The number of hydrogen-bond acceptors (Lipinski definition) is 3. The maximum absolute atomic E-state index is 11.2.